The first-order chi connectivity index (χ1) is 10.1. The van der Waals surface area contributed by atoms with Gasteiger partial charge in [0.05, 0.1) is 31.2 Å². The van der Waals surface area contributed by atoms with Gasteiger partial charge in [0.15, 0.2) is 5.13 Å². The number of hydrogen-bond donors (Lipinski definition) is 1. The van der Waals surface area contributed by atoms with Gasteiger partial charge in [-0.05, 0) is 13.0 Å². The van der Waals surface area contributed by atoms with Crippen LogP contribution in [0.3, 0.4) is 0 Å². The second-order valence-corrected chi connectivity index (χ2v) is 5.16. The number of ether oxygens (including phenoxy) is 1. The largest absolute Gasteiger partial charge is 0.481 e. The number of aromatic nitrogens is 2. The van der Waals surface area contributed by atoms with Gasteiger partial charge in [-0.15, -0.1) is 11.3 Å². The van der Waals surface area contributed by atoms with E-state index in [1.807, 2.05) is 18.4 Å². The van der Waals surface area contributed by atoms with Crippen LogP contribution in [0.1, 0.15) is 19.5 Å². The van der Waals surface area contributed by atoms with E-state index in [0.717, 1.165) is 16.5 Å². The van der Waals surface area contributed by atoms with Crippen LogP contribution >= 0.6 is 11.3 Å². The summed E-state index contributed by atoms with van der Waals surface area (Å²) in [5.41, 5.74) is 1.79. The topological polar surface area (TPSA) is 67.4 Å². The number of rotatable bonds is 6. The molecule has 21 heavy (non-hydrogen) atoms. The van der Waals surface area contributed by atoms with Gasteiger partial charge in [-0.1, -0.05) is 0 Å². The van der Waals surface area contributed by atoms with Crippen molar-refractivity contribution in [2.24, 2.45) is 0 Å². The Bertz CT molecular complexity index is 597. The Morgan fingerprint density at radius 3 is 2.86 bits per heavy atom. The molecule has 0 aliphatic rings. The lowest BCUT2D eigenvalue weighted by atomic mass is 10.4. The lowest BCUT2D eigenvalue weighted by molar-refractivity contribution is -0.116. The summed E-state index contributed by atoms with van der Waals surface area (Å²) < 4.78 is 5.01. The third-order valence-corrected chi connectivity index (χ3v) is 3.80. The summed E-state index contributed by atoms with van der Waals surface area (Å²) in [7, 11) is 1.58. The van der Waals surface area contributed by atoms with Gasteiger partial charge in [0.25, 0.3) is 0 Å². The predicted octanol–water partition coefficient (Wildman–Crippen LogP) is 2.53. The maximum atomic E-state index is 11.5. The molecule has 0 bridgehead atoms. The lowest BCUT2D eigenvalue weighted by Crippen LogP contribution is -2.27. The van der Waals surface area contributed by atoms with Crippen LogP contribution in [0.2, 0.25) is 0 Å². The van der Waals surface area contributed by atoms with Gasteiger partial charge < -0.3 is 10.1 Å². The van der Waals surface area contributed by atoms with Crippen LogP contribution in [0.25, 0.3) is 0 Å². The van der Waals surface area contributed by atoms with Gasteiger partial charge in [0, 0.05) is 24.9 Å². The van der Waals surface area contributed by atoms with Crippen LogP contribution in [0, 0.1) is 0 Å². The summed E-state index contributed by atoms with van der Waals surface area (Å²) in [5.74, 6) is 0.585. The van der Waals surface area contributed by atoms with Gasteiger partial charge in [-0.25, -0.2) is 9.97 Å². The number of thiazole rings is 1. The summed E-state index contributed by atoms with van der Waals surface area (Å²) in [4.78, 5) is 21.7. The number of anilines is 2. The maximum Gasteiger partial charge on any atom is 0.225 e. The van der Waals surface area contributed by atoms with Crippen LogP contribution < -0.4 is 15.0 Å². The van der Waals surface area contributed by atoms with Crippen molar-refractivity contribution in [3.05, 3.63) is 29.4 Å². The van der Waals surface area contributed by atoms with E-state index in [2.05, 4.69) is 15.3 Å². The van der Waals surface area contributed by atoms with E-state index in [1.54, 1.807) is 31.2 Å². The van der Waals surface area contributed by atoms with E-state index < -0.39 is 0 Å². The van der Waals surface area contributed by atoms with Gasteiger partial charge in [-0.3, -0.25) is 9.69 Å². The number of amides is 1. The highest BCUT2D eigenvalue weighted by Crippen LogP contribution is 2.21. The van der Waals surface area contributed by atoms with Crippen molar-refractivity contribution in [1.29, 1.82) is 0 Å². The minimum Gasteiger partial charge on any atom is -0.481 e. The molecule has 2 heterocycles. The van der Waals surface area contributed by atoms with Crippen molar-refractivity contribution in [3.63, 3.8) is 0 Å². The second kappa shape index (κ2) is 7.03. The van der Waals surface area contributed by atoms with E-state index in [9.17, 15) is 4.79 Å². The van der Waals surface area contributed by atoms with E-state index in [1.165, 1.54) is 11.3 Å². The number of pyridine rings is 1. The molecule has 0 aromatic carbocycles. The van der Waals surface area contributed by atoms with Crippen LogP contribution in [-0.2, 0) is 11.3 Å². The molecular formula is C14H18N4O2S. The molecule has 0 radical (unpaired) electrons. The first kappa shape index (κ1) is 15.2. The molecule has 1 amide bonds. The monoisotopic (exact) mass is 306 g/mol. The molecule has 0 aliphatic carbocycles. The third kappa shape index (κ3) is 3.91. The van der Waals surface area contributed by atoms with Crippen molar-refractivity contribution in [2.75, 3.05) is 23.9 Å². The van der Waals surface area contributed by atoms with Gasteiger partial charge in [0.2, 0.25) is 11.8 Å². The minimum atomic E-state index is 0.00529. The van der Waals surface area contributed by atoms with Gasteiger partial charge in [0.1, 0.15) is 0 Å². The summed E-state index contributed by atoms with van der Waals surface area (Å²) >= 11 is 1.47. The molecule has 0 saturated carbocycles. The average Bonchev–Trinajstić information content (AvgIpc) is 2.94. The first-order valence-electron chi connectivity index (χ1n) is 6.60. The molecule has 112 valence electrons. The second-order valence-electron chi connectivity index (χ2n) is 4.33. The normalized spacial score (nSPS) is 10.2. The van der Waals surface area contributed by atoms with Crippen molar-refractivity contribution in [2.45, 2.75) is 20.4 Å². The van der Waals surface area contributed by atoms with Crippen LogP contribution in [0.5, 0.6) is 5.88 Å². The Kier molecular flexibility index (Phi) is 5.10. The van der Waals surface area contributed by atoms with Crippen LogP contribution in [0.15, 0.2) is 23.7 Å². The van der Waals surface area contributed by atoms with E-state index in [4.69, 9.17) is 4.74 Å². The SMILES string of the molecule is CCN(C(C)=O)c1nc(CNc2ccc(OC)nc2)cs1. The molecule has 0 fully saturated rings. The molecule has 0 atom stereocenters. The lowest BCUT2D eigenvalue weighted by Gasteiger charge is -2.14. The van der Waals surface area contributed by atoms with Gasteiger partial charge >= 0.3 is 0 Å². The third-order valence-electron chi connectivity index (χ3n) is 2.89. The van der Waals surface area contributed by atoms with E-state index >= 15 is 0 Å². The molecular weight excluding hydrogens is 288 g/mol. The Labute approximate surface area is 127 Å². The van der Waals surface area contributed by atoms with Crippen molar-refractivity contribution >= 4 is 28.1 Å². The zero-order valence-corrected chi connectivity index (χ0v) is 13.1. The Balaban J connectivity index is 1.97. The molecule has 0 saturated heterocycles. The number of carbonyl (C=O) groups is 1. The van der Waals surface area contributed by atoms with Gasteiger partial charge in [-0.2, -0.15) is 0 Å². The minimum absolute atomic E-state index is 0.00529. The fourth-order valence-electron chi connectivity index (χ4n) is 1.79. The molecule has 0 aliphatic heterocycles. The highest BCUT2D eigenvalue weighted by molar-refractivity contribution is 7.14. The Hall–Kier alpha value is -2.15. The molecule has 2 aromatic heterocycles. The standard InChI is InChI=1S/C14H18N4O2S/c1-4-18(10(2)19)14-17-12(9-21-14)8-15-11-5-6-13(20-3)16-7-11/h5-7,9,15H,4,8H2,1-3H3. The summed E-state index contributed by atoms with van der Waals surface area (Å²) in [6.45, 7) is 4.69. The summed E-state index contributed by atoms with van der Waals surface area (Å²) in [6.07, 6.45) is 1.71. The van der Waals surface area contributed by atoms with Crippen molar-refractivity contribution in [3.8, 4) is 5.88 Å². The Morgan fingerprint density at radius 1 is 1.48 bits per heavy atom. The molecule has 2 aromatic rings. The average molecular weight is 306 g/mol. The quantitative estimate of drug-likeness (QED) is 0.888. The molecule has 1 N–H and O–H groups in total. The van der Waals surface area contributed by atoms with E-state index in [-0.39, 0.29) is 5.91 Å². The summed E-state index contributed by atoms with van der Waals surface area (Å²) in [5, 5.41) is 5.91. The van der Waals surface area contributed by atoms with Crippen molar-refractivity contribution in [1.82, 2.24) is 9.97 Å². The fraction of sp³-hybridized carbons (Fsp3) is 0.357. The zero-order chi connectivity index (χ0) is 15.2. The number of carbonyl (C=O) groups excluding carboxylic acids is 1. The summed E-state index contributed by atoms with van der Waals surface area (Å²) in [6, 6.07) is 3.69. The number of nitrogens with zero attached hydrogens (tertiary/aromatic N) is 3. The van der Waals surface area contributed by atoms with E-state index in [0.29, 0.717) is 19.0 Å². The Morgan fingerprint density at radius 2 is 2.29 bits per heavy atom. The fourth-order valence-corrected chi connectivity index (χ4v) is 2.72. The number of nitrogens with one attached hydrogen (secondary N) is 1. The van der Waals surface area contributed by atoms with Crippen LogP contribution in [0.4, 0.5) is 10.8 Å². The number of hydrogen-bond acceptors (Lipinski definition) is 6. The van der Waals surface area contributed by atoms with Crippen molar-refractivity contribution < 1.29 is 9.53 Å². The molecule has 7 heteroatoms. The molecule has 0 spiro atoms. The first-order valence-corrected chi connectivity index (χ1v) is 7.48. The highest BCUT2D eigenvalue weighted by Gasteiger charge is 2.13. The van der Waals surface area contributed by atoms with Crippen LogP contribution in [-0.4, -0.2) is 29.5 Å². The molecule has 6 nitrogen and oxygen atoms in total. The maximum absolute atomic E-state index is 11.5. The smallest absolute Gasteiger partial charge is 0.225 e. The molecule has 2 rings (SSSR count). The zero-order valence-electron chi connectivity index (χ0n) is 12.3. The number of methoxy groups -OCH3 is 1. The predicted molar refractivity (Wildman–Crippen MR) is 83.9 cm³/mol. The molecule has 0 unspecified atom stereocenters. The highest BCUT2D eigenvalue weighted by atomic mass is 32.1.